The van der Waals surface area contributed by atoms with E-state index in [1.807, 2.05) is 0 Å². The van der Waals surface area contributed by atoms with Gasteiger partial charge in [-0.05, 0) is 6.42 Å². The molecule has 2 N–H and O–H groups in total. The van der Waals surface area contributed by atoms with Crippen LogP contribution in [0.2, 0.25) is 0 Å². The van der Waals surface area contributed by atoms with E-state index < -0.39 is 0 Å². The van der Waals surface area contributed by atoms with Gasteiger partial charge in [-0.3, -0.25) is 10.1 Å². The SMILES string of the molecule is C#CCNCC(=O)NCCCCCCCC. The van der Waals surface area contributed by atoms with E-state index in [0.717, 1.165) is 13.0 Å². The second-order valence-electron chi connectivity index (χ2n) is 3.93. The van der Waals surface area contributed by atoms with Crippen molar-refractivity contribution >= 4 is 5.91 Å². The normalized spacial score (nSPS) is 9.75. The van der Waals surface area contributed by atoms with Crippen LogP contribution >= 0.6 is 0 Å². The Bertz CT molecular complexity index is 208. The molecule has 0 aromatic carbocycles. The van der Waals surface area contributed by atoms with Crippen LogP contribution < -0.4 is 10.6 Å². The topological polar surface area (TPSA) is 41.1 Å². The molecular formula is C13H24N2O. The lowest BCUT2D eigenvalue weighted by molar-refractivity contribution is -0.120. The molecule has 0 unspecified atom stereocenters. The molecule has 92 valence electrons. The summed E-state index contributed by atoms with van der Waals surface area (Å²) in [7, 11) is 0. The predicted octanol–water partition coefficient (Wildman–Crippen LogP) is 1.69. The molecule has 0 aromatic rings. The average molecular weight is 224 g/mol. The third-order valence-corrected chi connectivity index (χ3v) is 2.37. The first kappa shape index (κ1) is 15.0. The van der Waals surface area contributed by atoms with Gasteiger partial charge < -0.3 is 5.32 Å². The van der Waals surface area contributed by atoms with Gasteiger partial charge in [0.05, 0.1) is 13.1 Å². The van der Waals surface area contributed by atoms with E-state index in [9.17, 15) is 4.79 Å². The van der Waals surface area contributed by atoms with E-state index in [0.29, 0.717) is 13.1 Å². The van der Waals surface area contributed by atoms with Crippen LogP contribution in [0.1, 0.15) is 45.4 Å². The minimum absolute atomic E-state index is 0.0313. The molecule has 0 saturated heterocycles. The van der Waals surface area contributed by atoms with Gasteiger partial charge >= 0.3 is 0 Å². The summed E-state index contributed by atoms with van der Waals surface area (Å²) in [6.07, 6.45) is 12.5. The number of unbranched alkanes of at least 4 members (excludes halogenated alkanes) is 5. The standard InChI is InChI=1S/C13H24N2O/c1-3-5-6-7-8-9-11-15-13(16)12-14-10-4-2/h2,14H,3,5-12H2,1H3,(H,15,16). The Labute approximate surface area is 99.4 Å². The number of rotatable bonds is 10. The van der Waals surface area contributed by atoms with Crippen LogP contribution in [-0.2, 0) is 4.79 Å². The van der Waals surface area contributed by atoms with E-state index in [2.05, 4.69) is 23.5 Å². The van der Waals surface area contributed by atoms with Crippen molar-refractivity contribution in [1.82, 2.24) is 10.6 Å². The van der Waals surface area contributed by atoms with Gasteiger partial charge in [0, 0.05) is 6.54 Å². The first-order valence-electron chi connectivity index (χ1n) is 6.22. The van der Waals surface area contributed by atoms with E-state index in [4.69, 9.17) is 6.42 Å². The van der Waals surface area contributed by atoms with Crippen LogP contribution in [0.25, 0.3) is 0 Å². The maximum atomic E-state index is 11.2. The van der Waals surface area contributed by atoms with Crippen LogP contribution in [-0.4, -0.2) is 25.5 Å². The summed E-state index contributed by atoms with van der Waals surface area (Å²) in [5.74, 6) is 2.46. The zero-order valence-electron chi connectivity index (χ0n) is 10.3. The van der Waals surface area contributed by atoms with Crippen molar-refractivity contribution in [3.8, 4) is 12.3 Å². The Hall–Kier alpha value is -1.01. The lowest BCUT2D eigenvalue weighted by atomic mass is 10.1. The van der Waals surface area contributed by atoms with E-state index >= 15 is 0 Å². The molecule has 0 aromatic heterocycles. The van der Waals surface area contributed by atoms with Crippen LogP contribution in [0, 0.1) is 12.3 Å². The average Bonchev–Trinajstić information content (AvgIpc) is 2.28. The second kappa shape index (κ2) is 12.1. The summed E-state index contributed by atoms with van der Waals surface area (Å²) < 4.78 is 0. The molecule has 0 aliphatic heterocycles. The van der Waals surface area contributed by atoms with E-state index in [1.54, 1.807) is 0 Å². The molecule has 16 heavy (non-hydrogen) atoms. The highest BCUT2D eigenvalue weighted by molar-refractivity contribution is 5.77. The molecule has 0 spiro atoms. The van der Waals surface area contributed by atoms with Crippen molar-refractivity contribution < 1.29 is 4.79 Å². The van der Waals surface area contributed by atoms with Gasteiger partial charge in [-0.25, -0.2) is 0 Å². The highest BCUT2D eigenvalue weighted by Crippen LogP contribution is 2.03. The number of nitrogens with one attached hydrogen (secondary N) is 2. The van der Waals surface area contributed by atoms with Gasteiger partial charge in [0.25, 0.3) is 0 Å². The van der Waals surface area contributed by atoms with Gasteiger partial charge in [-0.2, -0.15) is 0 Å². The van der Waals surface area contributed by atoms with E-state index in [-0.39, 0.29) is 5.91 Å². The number of terminal acetylenes is 1. The van der Waals surface area contributed by atoms with Crippen molar-refractivity contribution in [1.29, 1.82) is 0 Å². The Morgan fingerprint density at radius 3 is 2.56 bits per heavy atom. The molecular weight excluding hydrogens is 200 g/mol. The molecule has 1 amide bonds. The largest absolute Gasteiger partial charge is 0.355 e. The molecule has 0 aliphatic rings. The summed E-state index contributed by atoms with van der Waals surface area (Å²) in [6.45, 7) is 3.76. The Balaban J connectivity index is 3.12. The highest BCUT2D eigenvalue weighted by Gasteiger charge is 1.98. The second-order valence-corrected chi connectivity index (χ2v) is 3.93. The van der Waals surface area contributed by atoms with Crippen molar-refractivity contribution in [3.63, 3.8) is 0 Å². The highest BCUT2D eigenvalue weighted by atomic mass is 16.1. The fraction of sp³-hybridized carbons (Fsp3) is 0.769. The number of hydrogen-bond donors (Lipinski definition) is 2. The van der Waals surface area contributed by atoms with Crippen LogP contribution in [0.4, 0.5) is 0 Å². The van der Waals surface area contributed by atoms with Crippen molar-refractivity contribution in [2.45, 2.75) is 45.4 Å². The lowest BCUT2D eigenvalue weighted by Crippen LogP contribution is -2.34. The first-order valence-corrected chi connectivity index (χ1v) is 6.22. The Kier molecular flexibility index (Phi) is 11.3. The van der Waals surface area contributed by atoms with Crippen LogP contribution in [0.5, 0.6) is 0 Å². The summed E-state index contributed by atoms with van der Waals surface area (Å²) in [5, 5.41) is 5.72. The van der Waals surface area contributed by atoms with Crippen LogP contribution in [0.15, 0.2) is 0 Å². The van der Waals surface area contributed by atoms with Gasteiger partial charge in [-0.15, -0.1) is 6.42 Å². The molecule has 0 aliphatic carbocycles. The minimum atomic E-state index is 0.0313. The molecule has 0 saturated carbocycles. The van der Waals surface area contributed by atoms with Crippen molar-refractivity contribution in [2.75, 3.05) is 19.6 Å². The third-order valence-electron chi connectivity index (χ3n) is 2.37. The van der Waals surface area contributed by atoms with Gasteiger partial charge in [0.15, 0.2) is 0 Å². The first-order chi connectivity index (χ1) is 7.81. The molecule has 0 bridgehead atoms. The zero-order valence-corrected chi connectivity index (χ0v) is 10.3. The third kappa shape index (κ3) is 11.1. The van der Waals surface area contributed by atoms with Crippen molar-refractivity contribution in [3.05, 3.63) is 0 Å². The predicted molar refractivity (Wildman–Crippen MR) is 68.1 cm³/mol. The summed E-state index contributed by atoms with van der Waals surface area (Å²) in [6, 6.07) is 0. The molecule has 0 atom stereocenters. The fourth-order valence-electron chi connectivity index (χ4n) is 1.44. The number of hydrogen-bond acceptors (Lipinski definition) is 2. The van der Waals surface area contributed by atoms with E-state index in [1.165, 1.54) is 32.1 Å². The smallest absolute Gasteiger partial charge is 0.233 e. The molecule has 3 nitrogen and oxygen atoms in total. The fourth-order valence-corrected chi connectivity index (χ4v) is 1.44. The summed E-state index contributed by atoms with van der Waals surface area (Å²) in [5.41, 5.74) is 0. The molecule has 0 fully saturated rings. The zero-order chi connectivity index (χ0) is 12.1. The molecule has 3 heteroatoms. The number of amides is 1. The molecule has 0 heterocycles. The summed E-state index contributed by atoms with van der Waals surface area (Å²) >= 11 is 0. The lowest BCUT2D eigenvalue weighted by Gasteiger charge is -2.05. The Morgan fingerprint density at radius 2 is 1.88 bits per heavy atom. The maximum absolute atomic E-state index is 11.2. The van der Waals surface area contributed by atoms with Crippen molar-refractivity contribution in [2.24, 2.45) is 0 Å². The molecule has 0 rings (SSSR count). The van der Waals surface area contributed by atoms with Gasteiger partial charge in [0.1, 0.15) is 0 Å². The van der Waals surface area contributed by atoms with Gasteiger partial charge in [0.2, 0.25) is 5.91 Å². The Morgan fingerprint density at radius 1 is 1.19 bits per heavy atom. The van der Waals surface area contributed by atoms with Crippen LogP contribution in [0.3, 0.4) is 0 Å². The van der Waals surface area contributed by atoms with Gasteiger partial charge in [-0.1, -0.05) is 44.9 Å². The summed E-state index contributed by atoms with van der Waals surface area (Å²) in [4.78, 5) is 11.2. The quantitative estimate of drug-likeness (QED) is 0.438. The molecule has 0 radical (unpaired) electrons. The monoisotopic (exact) mass is 224 g/mol. The maximum Gasteiger partial charge on any atom is 0.233 e. The number of carbonyl (C=O) groups excluding carboxylic acids is 1. The minimum Gasteiger partial charge on any atom is -0.355 e. The number of carbonyl (C=O) groups is 1.